The van der Waals surface area contributed by atoms with Crippen LogP contribution in [0.3, 0.4) is 0 Å². The van der Waals surface area contributed by atoms with E-state index in [2.05, 4.69) is 22.7 Å². The maximum absolute atomic E-state index is 12.4. The third-order valence-corrected chi connectivity index (χ3v) is 3.44. The van der Waals surface area contributed by atoms with Gasteiger partial charge in [-0.2, -0.15) is 5.10 Å². The highest BCUT2D eigenvalue weighted by atomic mass is 16.6. The van der Waals surface area contributed by atoms with Crippen molar-refractivity contribution >= 4 is 11.6 Å². The number of rotatable bonds is 8. The molecule has 0 unspecified atom stereocenters. The monoisotopic (exact) mass is 331 g/mol. The summed E-state index contributed by atoms with van der Waals surface area (Å²) in [7, 11) is 1.73. The van der Waals surface area contributed by atoms with Gasteiger partial charge in [0.1, 0.15) is 5.69 Å². The molecule has 0 aliphatic carbocycles. The van der Waals surface area contributed by atoms with Gasteiger partial charge in [0.15, 0.2) is 0 Å². The average Bonchev–Trinajstić information content (AvgIpc) is 2.96. The molecule has 24 heavy (non-hydrogen) atoms. The van der Waals surface area contributed by atoms with E-state index in [0.717, 1.165) is 13.0 Å². The van der Waals surface area contributed by atoms with E-state index in [-0.39, 0.29) is 11.6 Å². The van der Waals surface area contributed by atoms with Crippen LogP contribution < -0.4 is 10.6 Å². The van der Waals surface area contributed by atoms with E-state index in [1.54, 1.807) is 30.1 Å². The van der Waals surface area contributed by atoms with Gasteiger partial charge in [-0.1, -0.05) is 6.92 Å². The Morgan fingerprint density at radius 1 is 1.25 bits per heavy atom. The second-order valence-corrected chi connectivity index (χ2v) is 5.37. The van der Waals surface area contributed by atoms with Crippen LogP contribution in [0.15, 0.2) is 30.5 Å². The van der Waals surface area contributed by atoms with E-state index < -0.39 is 4.92 Å². The topological polar surface area (TPSA) is 102 Å². The minimum absolute atomic E-state index is 0.00248. The van der Waals surface area contributed by atoms with E-state index in [9.17, 15) is 14.9 Å². The quantitative estimate of drug-likeness (QED) is 0.436. The van der Waals surface area contributed by atoms with E-state index in [1.165, 1.54) is 12.1 Å². The number of nitrogens with one attached hydrogen (secondary N) is 2. The van der Waals surface area contributed by atoms with Crippen molar-refractivity contribution in [3.63, 3.8) is 0 Å². The Balaban J connectivity index is 2.11. The fourth-order valence-corrected chi connectivity index (χ4v) is 2.27. The lowest BCUT2D eigenvalue weighted by Crippen LogP contribution is -2.32. The zero-order valence-corrected chi connectivity index (χ0v) is 13.8. The Morgan fingerprint density at radius 3 is 2.58 bits per heavy atom. The highest BCUT2D eigenvalue weighted by Gasteiger charge is 2.17. The third kappa shape index (κ3) is 4.39. The van der Waals surface area contributed by atoms with Crippen LogP contribution in [-0.4, -0.2) is 40.2 Å². The van der Waals surface area contributed by atoms with Crippen LogP contribution in [0.5, 0.6) is 0 Å². The van der Waals surface area contributed by atoms with E-state index in [1.807, 2.05) is 0 Å². The minimum atomic E-state index is -0.459. The molecule has 0 aliphatic rings. The summed E-state index contributed by atoms with van der Waals surface area (Å²) in [6, 6.07) is 6.00. The van der Waals surface area contributed by atoms with Crippen molar-refractivity contribution in [2.24, 2.45) is 7.05 Å². The van der Waals surface area contributed by atoms with E-state index in [4.69, 9.17) is 0 Å². The highest BCUT2D eigenvalue weighted by Crippen LogP contribution is 2.24. The van der Waals surface area contributed by atoms with Gasteiger partial charge >= 0.3 is 0 Å². The number of nitrogens with zero attached hydrogens (tertiary/aromatic N) is 3. The SMILES string of the molecule is CCCNCCNC(=O)c1cn(C)nc1-c1ccc([N+](=O)[O-])cc1. The van der Waals surface area contributed by atoms with E-state index >= 15 is 0 Å². The fraction of sp³-hybridized carbons (Fsp3) is 0.375. The summed E-state index contributed by atoms with van der Waals surface area (Å²) in [6.45, 7) is 4.22. The summed E-state index contributed by atoms with van der Waals surface area (Å²) < 4.78 is 1.56. The van der Waals surface area contributed by atoms with Crippen molar-refractivity contribution in [3.8, 4) is 11.3 Å². The number of hydrogen-bond acceptors (Lipinski definition) is 5. The normalized spacial score (nSPS) is 10.6. The predicted molar refractivity (Wildman–Crippen MR) is 90.8 cm³/mol. The lowest BCUT2D eigenvalue weighted by molar-refractivity contribution is -0.384. The number of carbonyl (C=O) groups excluding carboxylic acids is 1. The summed E-state index contributed by atoms with van der Waals surface area (Å²) in [5.41, 5.74) is 1.62. The molecule has 0 radical (unpaired) electrons. The molecule has 2 aromatic rings. The van der Waals surface area contributed by atoms with Gasteiger partial charge in [-0.25, -0.2) is 0 Å². The second-order valence-electron chi connectivity index (χ2n) is 5.37. The smallest absolute Gasteiger partial charge is 0.269 e. The summed E-state index contributed by atoms with van der Waals surface area (Å²) in [4.78, 5) is 22.6. The molecule has 2 N–H and O–H groups in total. The maximum Gasteiger partial charge on any atom is 0.269 e. The lowest BCUT2D eigenvalue weighted by atomic mass is 10.1. The maximum atomic E-state index is 12.4. The summed E-state index contributed by atoms with van der Waals surface area (Å²) >= 11 is 0. The number of benzene rings is 1. The van der Waals surface area contributed by atoms with Crippen LogP contribution in [-0.2, 0) is 7.05 Å². The van der Waals surface area contributed by atoms with Gasteiger partial charge in [-0.05, 0) is 25.1 Å². The molecule has 0 saturated carbocycles. The van der Waals surface area contributed by atoms with Crippen molar-refractivity contribution in [2.45, 2.75) is 13.3 Å². The van der Waals surface area contributed by atoms with Crippen LogP contribution in [0.25, 0.3) is 11.3 Å². The number of aryl methyl sites for hydroxylation is 1. The third-order valence-electron chi connectivity index (χ3n) is 3.44. The van der Waals surface area contributed by atoms with Crippen LogP contribution in [0.1, 0.15) is 23.7 Å². The van der Waals surface area contributed by atoms with Crippen molar-refractivity contribution in [1.82, 2.24) is 20.4 Å². The van der Waals surface area contributed by atoms with Crippen LogP contribution in [0.2, 0.25) is 0 Å². The molecule has 0 bridgehead atoms. The number of nitro groups is 1. The summed E-state index contributed by atoms with van der Waals surface area (Å²) in [6.07, 6.45) is 2.69. The van der Waals surface area contributed by atoms with Gasteiger partial charge in [0.05, 0.1) is 10.5 Å². The first-order chi connectivity index (χ1) is 11.5. The molecule has 0 spiro atoms. The number of nitro benzene ring substituents is 1. The molecule has 0 atom stereocenters. The average molecular weight is 331 g/mol. The Bertz CT molecular complexity index is 709. The van der Waals surface area contributed by atoms with Crippen LogP contribution in [0, 0.1) is 10.1 Å². The molecule has 1 amide bonds. The first-order valence-electron chi connectivity index (χ1n) is 7.80. The first kappa shape index (κ1) is 17.6. The molecule has 0 aliphatic heterocycles. The zero-order chi connectivity index (χ0) is 17.5. The van der Waals surface area contributed by atoms with Gasteiger partial charge in [0, 0.05) is 44.0 Å². The van der Waals surface area contributed by atoms with Gasteiger partial charge in [-0.3, -0.25) is 19.6 Å². The first-order valence-corrected chi connectivity index (χ1v) is 7.80. The van der Waals surface area contributed by atoms with Gasteiger partial charge in [-0.15, -0.1) is 0 Å². The number of hydrogen-bond donors (Lipinski definition) is 2. The van der Waals surface area contributed by atoms with E-state index in [0.29, 0.717) is 29.9 Å². The number of non-ortho nitro benzene ring substituents is 1. The summed E-state index contributed by atoms with van der Waals surface area (Å²) in [5, 5.41) is 21.1. The number of carbonyl (C=O) groups is 1. The fourth-order valence-electron chi connectivity index (χ4n) is 2.27. The molecule has 0 fully saturated rings. The Morgan fingerprint density at radius 2 is 1.96 bits per heavy atom. The lowest BCUT2D eigenvalue weighted by Gasteiger charge is -2.06. The van der Waals surface area contributed by atoms with Crippen LogP contribution >= 0.6 is 0 Å². The predicted octanol–water partition coefficient (Wildman–Crippen LogP) is 1.72. The van der Waals surface area contributed by atoms with Gasteiger partial charge in [0.2, 0.25) is 0 Å². The molecule has 0 saturated heterocycles. The van der Waals surface area contributed by atoms with Crippen LogP contribution in [0.4, 0.5) is 5.69 Å². The number of amides is 1. The van der Waals surface area contributed by atoms with Crippen molar-refractivity contribution < 1.29 is 9.72 Å². The zero-order valence-electron chi connectivity index (χ0n) is 13.8. The molecule has 1 aromatic carbocycles. The Kier molecular flexibility index (Phi) is 6.02. The molecule has 8 heteroatoms. The molecule has 1 heterocycles. The number of aromatic nitrogens is 2. The highest BCUT2D eigenvalue weighted by molar-refractivity contribution is 5.99. The molecule has 8 nitrogen and oxygen atoms in total. The largest absolute Gasteiger partial charge is 0.351 e. The molecule has 1 aromatic heterocycles. The minimum Gasteiger partial charge on any atom is -0.351 e. The summed E-state index contributed by atoms with van der Waals surface area (Å²) in [5.74, 6) is -0.213. The Labute approximate surface area is 140 Å². The Hall–Kier alpha value is -2.74. The van der Waals surface area contributed by atoms with Crippen molar-refractivity contribution in [1.29, 1.82) is 0 Å². The molecular weight excluding hydrogens is 310 g/mol. The molecular formula is C16H21N5O3. The van der Waals surface area contributed by atoms with Gasteiger partial charge in [0.25, 0.3) is 11.6 Å². The van der Waals surface area contributed by atoms with Crippen molar-refractivity contribution in [2.75, 3.05) is 19.6 Å². The standard InChI is InChI=1S/C16H21N5O3/c1-3-8-17-9-10-18-16(22)14-11-20(2)19-15(14)12-4-6-13(7-5-12)21(23)24/h4-7,11,17H,3,8-10H2,1-2H3,(H,18,22). The van der Waals surface area contributed by atoms with Crippen molar-refractivity contribution in [3.05, 3.63) is 46.1 Å². The van der Waals surface area contributed by atoms with Gasteiger partial charge < -0.3 is 10.6 Å². The molecule has 128 valence electrons. The molecule has 2 rings (SSSR count). The second kappa shape index (κ2) is 8.21.